The molecule has 4 heteroatoms. The minimum atomic E-state index is -0.259. The molecule has 0 aromatic heterocycles. The fourth-order valence-electron chi connectivity index (χ4n) is 0.0830. The summed E-state index contributed by atoms with van der Waals surface area (Å²) >= 11 is 0. The molecule has 0 heterocycles. The fraction of sp³-hybridized carbons (Fsp3) is 0.250. The van der Waals surface area contributed by atoms with E-state index in [2.05, 4.69) is 0 Å². The molecule has 0 bridgehead atoms. The van der Waals surface area contributed by atoms with Crippen LogP contribution in [0.25, 0.3) is 0 Å². The molecule has 0 unspecified atom stereocenters. The van der Waals surface area contributed by atoms with Crippen LogP contribution in [0.5, 0.6) is 0 Å². The third kappa shape index (κ3) is 15.9. The van der Waals surface area contributed by atoms with E-state index < -0.39 is 0 Å². The normalized spacial score (nSPS) is 8.38. The molecule has 0 aliphatic rings. The van der Waals surface area contributed by atoms with E-state index in [4.69, 9.17) is 0 Å². The van der Waals surface area contributed by atoms with Crippen molar-refractivity contribution >= 4 is 6.29 Å². The Balaban J connectivity index is -0.000000125. The van der Waals surface area contributed by atoms with Crippen LogP contribution in [0.15, 0.2) is 11.8 Å². The summed E-state index contributed by atoms with van der Waals surface area (Å²) in [7, 11) is 0. The number of allylic oxidation sites excluding steroid dienone is 2. The molecule has 0 saturated carbocycles. The molecule has 0 N–H and O–H groups in total. The average Bonchev–Trinajstić information content (AvgIpc) is 1.35. The van der Waals surface area contributed by atoms with Gasteiger partial charge in [-0.25, -0.2) is 6.08 Å². The maximum atomic E-state index is 9.73. The van der Waals surface area contributed by atoms with Crippen LogP contribution in [-0.4, -0.2) is 6.29 Å². The van der Waals surface area contributed by atoms with E-state index in [1.165, 1.54) is 13.2 Å². The number of hydrogen-bond donors (Lipinski definition) is 0. The summed E-state index contributed by atoms with van der Waals surface area (Å²) in [6, 6.07) is 0. The average molecular weight is 166 g/mol. The number of hydrogen-bond acceptors (Lipinski definition) is 2. The van der Waals surface area contributed by atoms with Crippen molar-refractivity contribution in [3.8, 4) is 0 Å². The van der Waals surface area contributed by atoms with E-state index in [-0.39, 0.29) is 52.1 Å². The number of rotatable bonds is 1. The number of carbonyl (C=O) groups excluding carboxylic acids is 1. The second-order valence-corrected chi connectivity index (χ2v) is 0.873. The molecule has 8 heavy (non-hydrogen) atoms. The van der Waals surface area contributed by atoms with Crippen molar-refractivity contribution in [3.05, 3.63) is 11.8 Å². The van der Waals surface area contributed by atoms with Crippen LogP contribution in [0.3, 0.4) is 0 Å². The predicted octanol–water partition coefficient (Wildman–Crippen LogP) is -3.64. The Hall–Kier alpha value is 0.716. The van der Waals surface area contributed by atoms with Crippen molar-refractivity contribution in [2.45, 2.75) is 6.92 Å². The predicted molar refractivity (Wildman–Crippen MR) is 19.5 cm³/mol. The molecular formula is C4H4CoNaO2-. The molecule has 0 fully saturated rings. The summed E-state index contributed by atoms with van der Waals surface area (Å²) in [6.45, 7) is 1.30. The molecule has 0 aliphatic carbocycles. The minimum absolute atomic E-state index is 0. The molecule has 0 saturated heterocycles. The van der Waals surface area contributed by atoms with Gasteiger partial charge in [-0.15, -0.1) is 6.92 Å². The van der Waals surface area contributed by atoms with Crippen molar-refractivity contribution in [1.29, 1.82) is 0 Å². The SMILES string of the molecule is C/C([O-])=C/[C-]=O.[Co].[Na+]. The van der Waals surface area contributed by atoms with Crippen molar-refractivity contribution in [1.82, 2.24) is 0 Å². The van der Waals surface area contributed by atoms with Gasteiger partial charge in [-0.3, -0.25) is 0 Å². The van der Waals surface area contributed by atoms with E-state index in [1.807, 2.05) is 0 Å². The van der Waals surface area contributed by atoms with Gasteiger partial charge >= 0.3 is 29.6 Å². The molecule has 1 radical (unpaired) electrons. The Bertz CT molecular complexity index is 78.1. The summed E-state index contributed by atoms with van der Waals surface area (Å²) in [6.07, 6.45) is 2.19. The third-order valence-electron chi connectivity index (χ3n) is 0.262. The van der Waals surface area contributed by atoms with Crippen LogP contribution in [0.1, 0.15) is 6.92 Å². The first-order valence-electron chi connectivity index (χ1n) is 1.49. The van der Waals surface area contributed by atoms with Crippen LogP contribution < -0.4 is 34.7 Å². The van der Waals surface area contributed by atoms with Gasteiger partial charge in [-0.1, -0.05) is 0 Å². The van der Waals surface area contributed by atoms with Gasteiger partial charge in [-0.2, -0.15) is 0 Å². The van der Waals surface area contributed by atoms with E-state index >= 15 is 0 Å². The van der Waals surface area contributed by atoms with E-state index in [0.717, 1.165) is 6.08 Å². The molecule has 0 atom stereocenters. The van der Waals surface area contributed by atoms with Crippen LogP contribution in [0, 0.1) is 0 Å². The Morgan fingerprint density at radius 1 is 1.75 bits per heavy atom. The smallest absolute Gasteiger partial charge is 0.957 e. The summed E-state index contributed by atoms with van der Waals surface area (Å²) < 4.78 is 0. The Labute approximate surface area is 80.8 Å². The molecule has 0 aliphatic heterocycles. The summed E-state index contributed by atoms with van der Waals surface area (Å²) in [5, 5.41) is 9.73. The Kier molecular flexibility index (Phi) is 21.1. The third-order valence-corrected chi connectivity index (χ3v) is 0.262. The van der Waals surface area contributed by atoms with Crippen LogP contribution in [-0.2, 0) is 21.6 Å². The van der Waals surface area contributed by atoms with Gasteiger partial charge < -0.3 is 15.7 Å². The molecular weight excluding hydrogens is 162 g/mol. The molecule has 0 aromatic rings. The second-order valence-electron chi connectivity index (χ2n) is 0.873. The zero-order chi connectivity index (χ0) is 4.99. The van der Waals surface area contributed by atoms with Crippen LogP contribution in [0.4, 0.5) is 0 Å². The van der Waals surface area contributed by atoms with Gasteiger partial charge in [0.2, 0.25) is 0 Å². The summed E-state index contributed by atoms with van der Waals surface area (Å²) in [5.74, 6) is -0.259. The standard InChI is InChI=1S/C4H5O2.Co.Na/c1-4(6)2-3-5;;/h2,6H,1H3;;/q-1;;+1/p-1/b4-2-;;. The summed E-state index contributed by atoms with van der Waals surface area (Å²) in [4.78, 5) is 9.21. The van der Waals surface area contributed by atoms with Crippen LogP contribution in [0.2, 0.25) is 0 Å². The van der Waals surface area contributed by atoms with Crippen molar-refractivity contribution in [2.75, 3.05) is 0 Å². The monoisotopic (exact) mass is 166 g/mol. The maximum absolute atomic E-state index is 9.73. The molecule has 0 aromatic carbocycles. The zero-order valence-electron chi connectivity index (χ0n) is 4.73. The van der Waals surface area contributed by atoms with Gasteiger partial charge in [0, 0.05) is 16.8 Å². The molecule has 0 spiro atoms. The van der Waals surface area contributed by atoms with Gasteiger partial charge in [0.1, 0.15) is 0 Å². The summed E-state index contributed by atoms with van der Waals surface area (Å²) in [5.41, 5.74) is 0. The maximum Gasteiger partial charge on any atom is 1.00 e. The zero-order valence-corrected chi connectivity index (χ0v) is 7.77. The van der Waals surface area contributed by atoms with Gasteiger partial charge in [-0.05, 0) is 6.29 Å². The molecule has 0 amide bonds. The quantitative estimate of drug-likeness (QED) is 0.174. The minimum Gasteiger partial charge on any atom is -0.957 e. The van der Waals surface area contributed by atoms with Crippen molar-refractivity contribution < 1.29 is 56.2 Å². The van der Waals surface area contributed by atoms with E-state index in [9.17, 15) is 9.90 Å². The van der Waals surface area contributed by atoms with E-state index in [0.29, 0.717) is 0 Å². The first-order chi connectivity index (χ1) is 2.77. The topological polar surface area (TPSA) is 40.1 Å². The fourth-order valence-corrected chi connectivity index (χ4v) is 0.0830. The molecule has 43 valence electrons. The Morgan fingerprint density at radius 2 is 2.12 bits per heavy atom. The second kappa shape index (κ2) is 10.7. The van der Waals surface area contributed by atoms with Crippen molar-refractivity contribution in [3.63, 3.8) is 0 Å². The van der Waals surface area contributed by atoms with Crippen LogP contribution >= 0.6 is 0 Å². The van der Waals surface area contributed by atoms with Gasteiger partial charge in [0.05, 0.1) is 0 Å². The van der Waals surface area contributed by atoms with Gasteiger partial charge in [0.25, 0.3) is 0 Å². The molecule has 0 rings (SSSR count). The largest absolute Gasteiger partial charge is 1.00 e. The molecule has 2 nitrogen and oxygen atoms in total. The van der Waals surface area contributed by atoms with Gasteiger partial charge in [0.15, 0.2) is 0 Å². The Morgan fingerprint density at radius 3 is 2.12 bits per heavy atom. The first kappa shape index (κ1) is 15.9. The van der Waals surface area contributed by atoms with E-state index in [1.54, 1.807) is 0 Å². The van der Waals surface area contributed by atoms with Crippen molar-refractivity contribution in [2.24, 2.45) is 0 Å². The first-order valence-corrected chi connectivity index (χ1v) is 1.49.